The standard InChI is InChI=1S/C33H37FN4O3/c1-5-6-19-41-33(40)36-17-18-37(23(4)21-36)30-20-31(39)38(29-14-10-8-11-24(29)22(2)3)32-26(30)15-16-28(35-32)25-12-7-9-13-27(25)34/h7-16,20,22-23H,5-6,17-19,21H2,1-4H3. The molecular formula is C33H37FN4O3. The summed E-state index contributed by atoms with van der Waals surface area (Å²) in [5.41, 5.74) is 3.61. The molecular weight excluding hydrogens is 519 g/mol. The predicted molar refractivity (Wildman–Crippen MR) is 161 cm³/mol. The van der Waals surface area contributed by atoms with Crippen molar-refractivity contribution < 1.29 is 13.9 Å². The Labute approximate surface area is 240 Å². The molecule has 7 nitrogen and oxygen atoms in total. The number of carbonyl (C=O) groups excluding carboxylic acids is 1. The van der Waals surface area contributed by atoms with E-state index < -0.39 is 0 Å². The molecule has 41 heavy (non-hydrogen) atoms. The molecule has 0 bridgehead atoms. The second kappa shape index (κ2) is 12.1. The third-order valence-electron chi connectivity index (χ3n) is 7.71. The second-order valence-electron chi connectivity index (χ2n) is 10.9. The number of rotatable bonds is 7. The molecule has 1 aliphatic rings. The van der Waals surface area contributed by atoms with E-state index in [1.807, 2.05) is 37.3 Å². The first-order valence-corrected chi connectivity index (χ1v) is 14.4. The largest absolute Gasteiger partial charge is 0.449 e. The van der Waals surface area contributed by atoms with Crippen molar-refractivity contribution >= 4 is 22.8 Å². The number of pyridine rings is 2. The van der Waals surface area contributed by atoms with Gasteiger partial charge in [0.15, 0.2) is 0 Å². The third kappa shape index (κ3) is 5.69. The molecule has 1 fully saturated rings. The van der Waals surface area contributed by atoms with Crippen LogP contribution in [0.25, 0.3) is 28.0 Å². The van der Waals surface area contributed by atoms with Crippen molar-refractivity contribution in [1.29, 1.82) is 0 Å². The van der Waals surface area contributed by atoms with Crippen molar-refractivity contribution in [2.75, 3.05) is 31.1 Å². The Hall–Kier alpha value is -4.20. The minimum atomic E-state index is -0.373. The zero-order chi connectivity index (χ0) is 29.1. The first kappa shape index (κ1) is 28.3. The van der Waals surface area contributed by atoms with E-state index in [4.69, 9.17) is 9.72 Å². The number of hydrogen-bond donors (Lipinski definition) is 0. The van der Waals surface area contributed by atoms with E-state index in [1.54, 1.807) is 39.8 Å². The highest BCUT2D eigenvalue weighted by atomic mass is 19.1. The number of nitrogens with zero attached hydrogens (tertiary/aromatic N) is 4. The number of aromatic nitrogens is 2. The van der Waals surface area contributed by atoms with Crippen LogP contribution in [0, 0.1) is 5.82 Å². The lowest BCUT2D eigenvalue weighted by Crippen LogP contribution is -2.54. The summed E-state index contributed by atoms with van der Waals surface area (Å²) in [6, 6.07) is 19.7. The molecule has 2 aromatic carbocycles. The number of halogens is 1. The molecule has 0 radical (unpaired) electrons. The smallest absolute Gasteiger partial charge is 0.409 e. The minimum absolute atomic E-state index is 0.0601. The van der Waals surface area contributed by atoms with Gasteiger partial charge in [0.05, 0.1) is 23.7 Å². The van der Waals surface area contributed by atoms with Crippen LogP contribution < -0.4 is 10.5 Å². The summed E-state index contributed by atoms with van der Waals surface area (Å²) in [6.07, 6.45) is 1.50. The summed E-state index contributed by atoms with van der Waals surface area (Å²) in [5, 5.41) is 0.786. The van der Waals surface area contributed by atoms with Crippen LogP contribution >= 0.6 is 0 Å². The molecule has 0 aliphatic carbocycles. The molecule has 1 saturated heterocycles. The van der Waals surface area contributed by atoms with E-state index in [0.717, 1.165) is 35.2 Å². The van der Waals surface area contributed by atoms with Gasteiger partial charge in [-0.05, 0) is 55.2 Å². The number of benzene rings is 2. The molecule has 1 unspecified atom stereocenters. The molecule has 8 heteroatoms. The van der Waals surface area contributed by atoms with Crippen LogP contribution in [0.1, 0.15) is 52.0 Å². The van der Waals surface area contributed by atoms with Crippen molar-refractivity contribution in [2.45, 2.75) is 52.5 Å². The molecule has 1 aliphatic heterocycles. The maximum atomic E-state index is 14.8. The van der Waals surface area contributed by atoms with Crippen LogP contribution in [0.5, 0.6) is 0 Å². The molecule has 1 amide bonds. The Kier molecular flexibility index (Phi) is 8.38. The number of carbonyl (C=O) groups is 1. The Bertz CT molecular complexity index is 1620. The lowest BCUT2D eigenvalue weighted by molar-refractivity contribution is 0.0945. The van der Waals surface area contributed by atoms with Crippen molar-refractivity contribution in [3.8, 4) is 16.9 Å². The topological polar surface area (TPSA) is 67.7 Å². The van der Waals surface area contributed by atoms with Gasteiger partial charge in [-0.25, -0.2) is 14.2 Å². The van der Waals surface area contributed by atoms with E-state index in [2.05, 4.69) is 25.7 Å². The fourth-order valence-electron chi connectivity index (χ4n) is 5.53. The van der Waals surface area contributed by atoms with E-state index in [1.165, 1.54) is 6.07 Å². The van der Waals surface area contributed by atoms with Crippen LogP contribution in [-0.4, -0.2) is 52.8 Å². The highest BCUT2D eigenvalue weighted by molar-refractivity contribution is 5.92. The van der Waals surface area contributed by atoms with Crippen LogP contribution in [0.3, 0.4) is 0 Å². The van der Waals surface area contributed by atoms with Crippen molar-refractivity contribution in [3.63, 3.8) is 0 Å². The molecule has 0 N–H and O–H groups in total. The monoisotopic (exact) mass is 556 g/mol. The highest BCUT2D eigenvalue weighted by Gasteiger charge is 2.30. The lowest BCUT2D eigenvalue weighted by Gasteiger charge is -2.41. The minimum Gasteiger partial charge on any atom is -0.449 e. The van der Waals surface area contributed by atoms with Crippen LogP contribution in [0.15, 0.2) is 71.5 Å². The van der Waals surface area contributed by atoms with Gasteiger partial charge in [0, 0.05) is 42.7 Å². The zero-order valence-corrected chi connectivity index (χ0v) is 24.1. The predicted octanol–water partition coefficient (Wildman–Crippen LogP) is 6.76. The van der Waals surface area contributed by atoms with Gasteiger partial charge in [-0.1, -0.05) is 57.5 Å². The quantitative estimate of drug-likeness (QED) is 0.235. The maximum absolute atomic E-state index is 14.8. The SMILES string of the molecule is CCCCOC(=O)N1CCN(c2cc(=O)n(-c3ccccc3C(C)C)c3nc(-c4ccccc4F)ccc23)C(C)C1. The number of fused-ring (bicyclic) bond motifs is 1. The van der Waals surface area contributed by atoms with Gasteiger partial charge in [-0.3, -0.25) is 9.36 Å². The summed E-state index contributed by atoms with van der Waals surface area (Å²) in [7, 11) is 0. The van der Waals surface area contributed by atoms with E-state index in [9.17, 15) is 14.0 Å². The molecule has 214 valence electrons. The van der Waals surface area contributed by atoms with Gasteiger partial charge in [-0.15, -0.1) is 0 Å². The third-order valence-corrected chi connectivity index (χ3v) is 7.71. The maximum Gasteiger partial charge on any atom is 0.409 e. The van der Waals surface area contributed by atoms with Crippen LogP contribution in [-0.2, 0) is 4.74 Å². The van der Waals surface area contributed by atoms with Crippen LogP contribution in [0.4, 0.5) is 14.9 Å². The second-order valence-corrected chi connectivity index (χ2v) is 10.9. The Morgan fingerprint density at radius 1 is 1.05 bits per heavy atom. The molecule has 0 saturated carbocycles. The highest BCUT2D eigenvalue weighted by Crippen LogP contribution is 2.33. The van der Waals surface area contributed by atoms with E-state index in [-0.39, 0.29) is 29.4 Å². The van der Waals surface area contributed by atoms with E-state index in [0.29, 0.717) is 43.1 Å². The zero-order valence-electron chi connectivity index (χ0n) is 24.1. The number of hydrogen-bond acceptors (Lipinski definition) is 5. The summed E-state index contributed by atoms with van der Waals surface area (Å²) in [5.74, 6) is -0.199. The Balaban J connectivity index is 1.62. The van der Waals surface area contributed by atoms with Gasteiger partial charge < -0.3 is 14.5 Å². The number of piperazine rings is 1. The molecule has 3 heterocycles. The van der Waals surface area contributed by atoms with Gasteiger partial charge >= 0.3 is 6.09 Å². The fraction of sp³-hybridized carbons (Fsp3) is 0.364. The number of anilines is 1. The van der Waals surface area contributed by atoms with Crippen LogP contribution in [0.2, 0.25) is 0 Å². The number of unbranched alkanes of at least 4 members (excludes halogenated alkanes) is 1. The average molecular weight is 557 g/mol. The summed E-state index contributed by atoms with van der Waals surface area (Å²) < 4.78 is 21.9. The van der Waals surface area contributed by atoms with Crippen molar-refractivity contribution in [1.82, 2.24) is 14.5 Å². The Morgan fingerprint density at radius 3 is 2.54 bits per heavy atom. The summed E-state index contributed by atoms with van der Waals surface area (Å²) in [6.45, 7) is 10.2. The normalized spacial score (nSPS) is 15.5. The average Bonchev–Trinajstić information content (AvgIpc) is 2.97. The molecule has 5 rings (SSSR count). The fourth-order valence-corrected chi connectivity index (χ4v) is 5.53. The van der Waals surface area contributed by atoms with E-state index >= 15 is 0 Å². The van der Waals surface area contributed by atoms with Gasteiger partial charge in [0.25, 0.3) is 5.56 Å². The van der Waals surface area contributed by atoms with Crippen molar-refractivity contribution in [2.24, 2.45) is 0 Å². The molecule has 1 atom stereocenters. The van der Waals surface area contributed by atoms with Crippen molar-refractivity contribution in [3.05, 3.63) is 88.5 Å². The van der Waals surface area contributed by atoms with Gasteiger partial charge in [0.1, 0.15) is 11.5 Å². The first-order valence-electron chi connectivity index (χ1n) is 14.4. The van der Waals surface area contributed by atoms with Gasteiger partial charge in [0.2, 0.25) is 0 Å². The molecule has 0 spiro atoms. The number of para-hydroxylation sites is 1. The summed E-state index contributed by atoms with van der Waals surface area (Å²) >= 11 is 0. The summed E-state index contributed by atoms with van der Waals surface area (Å²) in [4.78, 5) is 35.4. The Morgan fingerprint density at radius 2 is 1.80 bits per heavy atom. The molecule has 4 aromatic rings. The number of amides is 1. The lowest BCUT2D eigenvalue weighted by atomic mass is 10.0. The van der Waals surface area contributed by atoms with Gasteiger partial charge in [-0.2, -0.15) is 0 Å². The molecule has 2 aromatic heterocycles. The first-order chi connectivity index (χ1) is 19.8. The number of ether oxygens (including phenoxy) is 1.